The summed E-state index contributed by atoms with van der Waals surface area (Å²) >= 11 is 0. The van der Waals surface area contributed by atoms with Gasteiger partial charge in [-0.1, -0.05) is 19.1 Å². The van der Waals surface area contributed by atoms with Crippen LogP contribution in [-0.4, -0.2) is 23.8 Å². The Morgan fingerprint density at radius 1 is 1.21 bits per heavy atom. The highest BCUT2D eigenvalue weighted by Gasteiger charge is 2.33. The van der Waals surface area contributed by atoms with Gasteiger partial charge in [0.25, 0.3) is 11.8 Å². The summed E-state index contributed by atoms with van der Waals surface area (Å²) in [7, 11) is 0. The SMILES string of the molecule is CCCC(=O)NC1C(=O)NC2=CCCC=C2NC1=O. The first-order chi connectivity index (χ1) is 9.11. The zero-order chi connectivity index (χ0) is 13.8. The van der Waals surface area contributed by atoms with Gasteiger partial charge in [0, 0.05) is 6.42 Å². The molecule has 1 fully saturated rings. The lowest BCUT2D eigenvalue weighted by molar-refractivity contribution is -0.135. The molecule has 0 saturated carbocycles. The first-order valence-electron chi connectivity index (χ1n) is 6.43. The van der Waals surface area contributed by atoms with Crippen molar-refractivity contribution in [1.29, 1.82) is 0 Å². The molecule has 0 radical (unpaired) electrons. The number of hydrogen-bond donors (Lipinski definition) is 3. The molecule has 0 aromatic carbocycles. The molecular formula is C13H17N3O3. The number of fused-ring (bicyclic) bond motifs is 1. The molecule has 1 saturated heterocycles. The van der Waals surface area contributed by atoms with Crippen LogP contribution in [0.4, 0.5) is 0 Å². The van der Waals surface area contributed by atoms with E-state index in [2.05, 4.69) is 16.0 Å². The van der Waals surface area contributed by atoms with Gasteiger partial charge in [-0.2, -0.15) is 0 Å². The van der Waals surface area contributed by atoms with Crippen molar-refractivity contribution in [3.63, 3.8) is 0 Å². The molecule has 3 amide bonds. The van der Waals surface area contributed by atoms with Crippen LogP contribution in [0.3, 0.4) is 0 Å². The molecular weight excluding hydrogens is 246 g/mol. The average molecular weight is 263 g/mol. The van der Waals surface area contributed by atoms with Crippen LogP contribution in [0.25, 0.3) is 0 Å². The fourth-order valence-corrected chi connectivity index (χ4v) is 2.03. The molecule has 102 valence electrons. The molecule has 0 spiro atoms. The molecule has 0 aromatic heterocycles. The predicted molar refractivity (Wildman–Crippen MR) is 68.5 cm³/mol. The lowest BCUT2D eigenvalue weighted by atomic mass is 10.1. The van der Waals surface area contributed by atoms with Crippen LogP contribution in [0.15, 0.2) is 23.5 Å². The predicted octanol–water partition coefficient (Wildman–Crippen LogP) is 0.0789. The molecule has 1 aliphatic carbocycles. The zero-order valence-electron chi connectivity index (χ0n) is 10.8. The summed E-state index contributed by atoms with van der Waals surface area (Å²) in [5.74, 6) is -1.30. The summed E-state index contributed by atoms with van der Waals surface area (Å²) in [6, 6.07) is -1.17. The number of carbonyl (C=O) groups excluding carboxylic acids is 3. The molecule has 2 aliphatic rings. The van der Waals surface area contributed by atoms with Gasteiger partial charge in [-0.3, -0.25) is 14.4 Å². The molecule has 19 heavy (non-hydrogen) atoms. The van der Waals surface area contributed by atoms with Gasteiger partial charge in [0.1, 0.15) is 0 Å². The highest BCUT2D eigenvalue weighted by atomic mass is 16.2. The molecule has 0 unspecified atom stereocenters. The molecule has 6 nitrogen and oxygen atoms in total. The van der Waals surface area contributed by atoms with Crippen molar-refractivity contribution in [2.75, 3.05) is 0 Å². The van der Waals surface area contributed by atoms with E-state index in [4.69, 9.17) is 0 Å². The zero-order valence-corrected chi connectivity index (χ0v) is 10.8. The summed E-state index contributed by atoms with van der Waals surface area (Å²) in [4.78, 5) is 35.5. The van der Waals surface area contributed by atoms with Gasteiger partial charge in [0.05, 0.1) is 11.4 Å². The van der Waals surface area contributed by atoms with Gasteiger partial charge in [0.15, 0.2) is 6.04 Å². The van der Waals surface area contributed by atoms with E-state index < -0.39 is 17.9 Å². The monoisotopic (exact) mass is 263 g/mol. The van der Waals surface area contributed by atoms with Gasteiger partial charge in [-0.05, 0) is 19.3 Å². The minimum atomic E-state index is -1.17. The minimum absolute atomic E-state index is 0.294. The maximum atomic E-state index is 12.0. The van der Waals surface area contributed by atoms with Gasteiger partial charge >= 0.3 is 0 Å². The molecule has 6 heteroatoms. The minimum Gasteiger partial charge on any atom is -0.337 e. The van der Waals surface area contributed by atoms with Crippen LogP contribution in [0.5, 0.6) is 0 Å². The van der Waals surface area contributed by atoms with Crippen LogP contribution in [0, 0.1) is 0 Å². The molecule has 2 rings (SSSR count). The Morgan fingerprint density at radius 3 is 2.21 bits per heavy atom. The highest BCUT2D eigenvalue weighted by Crippen LogP contribution is 2.16. The van der Waals surface area contributed by atoms with E-state index in [1.807, 2.05) is 19.1 Å². The number of amides is 3. The standard InChI is InChI=1S/C13H17N3O3/c1-2-5-10(17)16-11-12(18)14-8-6-3-4-7-9(8)15-13(11)19/h6-7,11H,2-5H2,1H3,(H,14,18)(H,15,19)(H,16,17). The quantitative estimate of drug-likeness (QED) is 0.630. The summed E-state index contributed by atoms with van der Waals surface area (Å²) in [5.41, 5.74) is 1.22. The number of allylic oxidation sites excluding steroid dienone is 2. The summed E-state index contributed by atoms with van der Waals surface area (Å²) in [6.45, 7) is 1.86. The van der Waals surface area contributed by atoms with E-state index in [1.54, 1.807) is 0 Å². The topological polar surface area (TPSA) is 87.3 Å². The number of carbonyl (C=O) groups is 3. The largest absolute Gasteiger partial charge is 0.337 e. The van der Waals surface area contributed by atoms with Crippen molar-refractivity contribution in [2.45, 2.75) is 38.6 Å². The van der Waals surface area contributed by atoms with Gasteiger partial charge in [-0.25, -0.2) is 0 Å². The first kappa shape index (κ1) is 13.3. The van der Waals surface area contributed by atoms with E-state index in [-0.39, 0.29) is 5.91 Å². The Kier molecular flexibility index (Phi) is 3.99. The van der Waals surface area contributed by atoms with E-state index in [0.717, 1.165) is 12.8 Å². The van der Waals surface area contributed by atoms with Crippen molar-refractivity contribution in [3.8, 4) is 0 Å². The lowest BCUT2D eigenvalue weighted by Gasteiger charge is -2.13. The number of rotatable bonds is 3. The average Bonchev–Trinajstić information content (AvgIpc) is 2.48. The Balaban J connectivity index is 2.14. The molecule has 1 aliphatic heterocycles. The lowest BCUT2D eigenvalue weighted by Crippen LogP contribution is -2.52. The van der Waals surface area contributed by atoms with Crippen molar-refractivity contribution in [2.24, 2.45) is 0 Å². The number of hydrogen-bond acceptors (Lipinski definition) is 3. The van der Waals surface area contributed by atoms with Gasteiger partial charge in [-0.15, -0.1) is 0 Å². The molecule has 0 bridgehead atoms. The van der Waals surface area contributed by atoms with E-state index in [1.165, 1.54) is 0 Å². The Labute approximate surface area is 111 Å². The maximum absolute atomic E-state index is 12.0. The van der Waals surface area contributed by atoms with Crippen molar-refractivity contribution < 1.29 is 14.4 Å². The third kappa shape index (κ3) is 3.01. The molecule has 0 aromatic rings. The molecule has 1 heterocycles. The maximum Gasteiger partial charge on any atom is 0.256 e. The summed E-state index contributed by atoms with van der Waals surface area (Å²) < 4.78 is 0. The van der Waals surface area contributed by atoms with Crippen molar-refractivity contribution in [1.82, 2.24) is 16.0 Å². The third-order valence-corrected chi connectivity index (χ3v) is 2.98. The van der Waals surface area contributed by atoms with E-state index in [9.17, 15) is 14.4 Å². The highest BCUT2D eigenvalue weighted by molar-refractivity contribution is 6.09. The smallest absolute Gasteiger partial charge is 0.256 e. The summed E-state index contributed by atoms with van der Waals surface area (Å²) in [6.07, 6.45) is 6.33. The number of nitrogens with one attached hydrogen (secondary N) is 3. The Morgan fingerprint density at radius 2 is 1.74 bits per heavy atom. The van der Waals surface area contributed by atoms with Gasteiger partial charge < -0.3 is 16.0 Å². The second-order valence-electron chi connectivity index (χ2n) is 4.54. The second kappa shape index (κ2) is 5.69. The Hall–Kier alpha value is -2.11. The van der Waals surface area contributed by atoms with Crippen molar-refractivity contribution >= 4 is 17.7 Å². The van der Waals surface area contributed by atoms with Crippen LogP contribution < -0.4 is 16.0 Å². The second-order valence-corrected chi connectivity index (χ2v) is 4.54. The Bertz CT molecular complexity index is 446. The van der Waals surface area contributed by atoms with Crippen LogP contribution in [0.2, 0.25) is 0 Å². The fourth-order valence-electron chi connectivity index (χ4n) is 2.03. The van der Waals surface area contributed by atoms with Crippen LogP contribution in [0.1, 0.15) is 32.6 Å². The summed E-state index contributed by atoms with van der Waals surface area (Å²) in [5, 5.41) is 7.78. The fraction of sp³-hybridized carbons (Fsp3) is 0.462. The third-order valence-electron chi connectivity index (χ3n) is 2.98. The molecule has 0 atom stereocenters. The van der Waals surface area contributed by atoms with Crippen LogP contribution in [-0.2, 0) is 14.4 Å². The first-order valence-corrected chi connectivity index (χ1v) is 6.43. The van der Waals surface area contributed by atoms with Crippen molar-refractivity contribution in [3.05, 3.63) is 23.5 Å². The normalized spacial score (nSPS) is 19.4. The molecule has 3 N–H and O–H groups in total. The van der Waals surface area contributed by atoms with Crippen LogP contribution >= 0.6 is 0 Å². The van der Waals surface area contributed by atoms with E-state index >= 15 is 0 Å². The van der Waals surface area contributed by atoms with Gasteiger partial charge in [0.2, 0.25) is 5.91 Å². The van der Waals surface area contributed by atoms with E-state index in [0.29, 0.717) is 24.2 Å².